The molecule has 0 aromatic heterocycles. The predicted octanol–water partition coefficient (Wildman–Crippen LogP) is 3.09. The fourth-order valence-electron chi connectivity index (χ4n) is 3.40. The van der Waals surface area contributed by atoms with Gasteiger partial charge >= 0.3 is 0 Å². The van der Waals surface area contributed by atoms with E-state index in [0.29, 0.717) is 11.5 Å². The van der Waals surface area contributed by atoms with Crippen LogP contribution in [0.2, 0.25) is 5.02 Å². The highest BCUT2D eigenvalue weighted by Gasteiger charge is 2.41. The lowest BCUT2D eigenvalue weighted by atomic mass is 9.86. The largest absolute Gasteiger partial charge is 0.316 e. The Balaban J connectivity index is 1.70. The van der Waals surface area contributed by atoms with Crippen LogP contribution in [0.25, 0.3) is 0 Å². The Labute approximate surface area is 114 Å². The van der Waals surface area contributed by atoms with Crippen LogP contribution in [0.5, 0.6) is 0 Å². The molecule has 3 rings (SSSR count). The van der Waals surface area contributed by atoms with Crippen LogP contribution in [0.15, 0.2) is 24.3 Å². The molecule has 0 aliphatic carbocycles. The van der Waals surface area contributed by atoms with Gasteiger partial charge in [-0.05, 0) is 56.0 Å². The first-order chi connectivity index (χ1) is 8.69. The van der Waals surface area contributed by atoms with Crippen molar-refractivity contribution in [3.05, 3.63) is 34.9 Å². The maximum Gasteiger partial charge on any atom is 0.0406 e. The number of hydrogen-bond acceptors (Lipinski definition) is 2. The second kappa shape index (κ2) is 4.84. The van der Waals surface area contributed by atoms with Gasteiger partial charge in [-0.2, -0.15) is 0 Å². The third-order valence-corrected chi connectivity index (χ3v) is 4.95. The van der Waals surface area contributed by atoms with Crippen LogP contribution in [-0.4, -0.2) is 31.1 Å². The lowest BCUT2D eigenvalue weighted by Gasteiger charge is -2.27. The Hall–Kier alpha value is -0.570. The van der Waals surface area contributed by atoms with E-state index in [4.69, 9.17) is 11.6 Å². The molecule has 3 heteroatoms. The minimum atomic E-state index is 0.502. The van der Waals surface area contributed by atoms with Crippen LogP contribution in [0, 0.1) is 5.41 Å². The fraction of sp³-hybridized carbons (Fsp3) is 0.600. The first-order valence-electron chi connectivity index (χ1n) is 6.89. The van der Waals surface area contributed by atoms with E-state index in [1.807, 2.05) is 12.1 Å². The topological polar surface area (TPSA) is 15.3 Å². The molecular formula is C15H21ClN2. The zero-order valence-electron chi connectivity index (χ0n) is 11.0. The van der Waals surface area contributed by atoms with Crippen molar-refractivity contribution in [3.8, 4) is 0 Å². The second-order valence-electron chi connectivity index (χ2n) is 5.87. The Bertz CT molecular complexity index is 409. The Morgan fingerprint density at radius 1 is 1.28 bits per heavy atom. The molecule has 1 spiro atoms. The van der Waals surface area contributed by atoms with E-state index in [2.05, 4.69) is 29.3 Å². The maximum absolute atomic E-state index is 5.95. The standard InChI is InChI=1S/C15H21ClN2/c1-12(13-2-4-14(16)5-3-13)18-9-7-15(11-18)6-8-17-10-15/h2-5,12,17H,6-11H2,1H3. The summed E-state index contributed by atoms with van der Waals surface area (Å²) in [6, 6.07) is 8.81. The highest BCUT2D eigenvalue weighted by atomic mass is 35.5. The second-order valence-corrected chi connectivity index (χ2v) is 6.31. The number of rotatable bonds is 2. The first-order valence-corrected chi connectivity index (χ1v) is 7.27. The molecule has 2 atom stereocenters. The molecule has 1 N–H and O–H groups in total. The lowest BCUT2D eigenvalue weighted by molar-refractivity contribution is 0.224. The monoisotopic (exact) mass is 264 g/mol. The van der Waals surface area contributed by atoms with E-state index in [-0.39, 0.29) is 0 Å². The van der Waals surface area contributed by atoms with E-state index in [1.165, 1.54) is 44.6 Å². The van der Waals surface area contributed by atoms with Gasteiger partial charge in [0, 0.05) is 24.2 Å². The summed E-state index contributed by atoms with van der Waals surface area (Å²) in [6.07, 6.45) is 2.69. The summed E-state index contributed by atoms with van der Waals surface area (Å²) in [5.74, 6) is 0. The summed E-state index contributed by atoms with van der Waals surface area (Å²) in [7, 11) is 0. The fourth-order valence-corrected chi connectivity index (χ4v) is 3.52. The lowest BCUT2D eigenvalue weighted by Crippen LogP contribution is -2.30. The van der Waals surface area contributed by atoms with E-state index >= 15 is 0 Å². The van der Waals surface area contributed by atoms with Crippen molar-refractivity contribution >= 4 is 11.6 Å². The summed E-state index contributed by atoms with van der Waals surface area (Å²) >= 11 is 5.95. The molecule has 2 nitrogen and oxygen atoms in total. The zero-order valence-corrected chi connectivity index (χ0v) is 11.7. The van der Waals surface area contributed by atoms with Crippen LogP contribution in [0.4, 0.5) is 0 Å². The number of nitrogens with zero attached hydrogens (tertiary/aromatic N) is 1. The van der Waals surface area contributed by atoms with Crippen LogP contribution >= 0.6 is 11.6 Å². The molecule has 2 heterocycles. The van der Waals surface area contributed by atoms with Gasteiger partial charge in [-0.25, -0.2) is 0 Å². The molecule has 2 aliphatic rings. The molecule has 0 saturated carbocycles. The average Bonchev–Trinajstić information content (AvgIpc) is 3.01. The molecule has 2 fully saturated rings. The molecule has 18 heavy (non-hydrogen) atoms. The van der Waals surface area contributed by atoms with Crippen molar-refractivity contribution in [2.75, 3.05) is 26.2 Å². The van der Waals surface area contributed by atoms with Gasteiger partial charge in [0.2, 0.25) is 0 Å². The van der Waals surface area contributed by atoms with Gasteiger partial charge in [0.25, 0.3) is 0 Å². The highest BCUT2D eigenvalue weighted by Crippen LogP contribution is 2.39. The van der Waals surface area contributed by atoms with Crippen LogP contribution in [0.1, 0.15) is 31.4 Å². The van der Waals surface area contributed by atoms with E-state index in [0.717, 1.165) is 5.02 Å². The quantitative estimate of drug-likeness (QED) is 0.883. The van der Waals surface area contributed by atoms with Crippen LogP contribution in [0.3, 0.4) is 0 Å². The van der Waals surface area contributed by atoms with Gasteiger partial charge in [-0.3, -0.25) is 4.90 Å². The SMILES string of the molecule is CC(c1ccc(Cl)cc1)N1CCC2(CCNC2)C1. The van der Waals surface area contributed by atoms with E-state index in [1.54, 1.807) is 0 Å². The van der Waals surface area contributed by atoms with Crippen molar-refractivity contribution in [1.82, 2.24) is 10.2 Å². The van der Waals surface area contributed by atoms with Gasteiger partial charge in [-0.15, -0.1) is 0 Å². The maximum atomic E-state index is 5.95. The van der Waals surface area contributed by atoms with Crippen molar-refractivity contribution in [3.63, 3.8) is 0 Å². The predicted molar refractivity (Wildman–Crippen MR) is 76.0 cm³/mol. The van der Waals surface area contributed by atoms with Crippen LogP contribution in [-0.2, 0) is 0 Å². The molecule has 1 aromatic rings. The number of benzene rings is 1. The zero-order chi connectivity index (χ0) is 12.6. The van der Waals surface area contributed by atoms with Crippen LogP contribution < -0.4 is 5.32 Å². The Morgan fingerprint density at radius 2 is 2.06 bits per heavy atom. The van der Waals surface area contributed by atoms with Crippen molar-refractivity contribution in [1.29, 1.82) is 0 Å². The highest BCUT2D eigenvalue weighted by molar-refractivity contribution is 6.30. The van der Waals surface area contributed by atoms with Crippen molar-refractivity contribution in [2.45, 2.75) is 25.8 Å². The van der Waals surface area contributed by atoms with Gasteiger partial charge < -0.3 is 5.32 Å². The van der Waals surface area contributed by atoms with Gasteiger partial charge in [0.1, 0.15) is 0 Å². The van der Waals surface area contributed by atoms with E-state index in [9.17, 15) is 0 Å². The van der Waals surface area contributed by atoms with Crippen molar-refractivity contribution in [2.24, 2.45) is 5.41 Å². The summed E-state index contributed by atoms with van der Waals surface area (Å²) in [5, 5.41) is 4.34. The van der Waals surface area contributed by atoms with Crippen molar-refractivity contribution < 1.29 is 0 Å². The molecule has 98 valence electrons. The van der Waals surface area contributed by atoms with Gasteiger partial charge in [0.15, 0.2) is 0 Å². The number of halogens is 1. The van der Waals surface area contributed by atoms with Gasteiger partial charge in [-0.1, -0.05) is 23.7 Å². The molecule has 0 bridgehead atoms. The number of nitrogens with one attached hydrogen (secondary N) is 1. The molecule has 0 radical (unpaired) electrons. The minimum Gasteiger partial charge on any atom is -0.316 e. The summed E-state index contributed by atoms with van der Waals surface area (Å²) < 4.78 is 0. The summed E-state index contributed by atoms with van der Waals surface area (Å²) in [6.45, 7) is 7.18. The smallest absolute Gasteiger partial charge is 0.0406 e. The third kappa shape index (κ3) is 2.29. The number of likely N-dealkylation sites (tertiary alicyclic amines) is 1. The minimum absolute atomic E-state index is 0.502. The molecule has 2 aliphatic heterocycles. The summed E-state index contributed by atoms with van der Waals surface area (Å²) in [5.41, 5.74) is 1.93. The Morgan fingerprint density at radius 3 is 2.72 bits per heavy atom. The molecule has 2 unspecified atom stereocenters. The third-order valence-electron chi connectivity index (χ3n) is 4.70. The molecule has 2 saturated heterocycles. The normalized spacial score (nSPS) is 30.1. The first kappa shape index (κ1) is 12.5. The van der Waals surface area contributed by atoms with E-state index < -0.39 is 0 Å². The summed E-state index contributed by atoms with van der Waals surface area (Å²) in [4.78, 5) is 2.62. The molecule has 1 aromatic carbocycles. The number of hydrogen-bond donors (Lipinski definition) is 1. The molecular weight excluding hydrogens is 244 g/mol. The van der Waals surface area contributed by atoms with Gasteiger partial charge in [0.05, 0.1) is 0 Å². The molecule has 0 amide bonds. The average molecular weight is 265 g/mol. The Kier molecular flexibility index (Phi) is 3.35.